The fraction of sp³-hybridized carbons (Fsp3) is 1.00. The van der Waals surface area contributed by atoms with Crippen LogP contribution in [0.2, 0.25) is 0 Å². The first kappa shape index (κ1) is 13.1. The highest BCUT2D eigenvalue weighted by Gasteiger charge is 2.45. The molecule has 2 nitrogen and oxygen atoms in total. The summed E-state index contributed by atoms with van der Waals surface area (Å²) in [6, 6.07) is 0. The second-order valence-corrected chi connectivity index (χ2v) is 7.26. The first-order valence-corrected chi connectivity index (χ1v) is 9.15. The highest BCUT2D eigenvalue weighted by atomic mass is 127. The van der Waals surface area contributed by atoms with Crippen molar-refractivity contribution in [1.82, 2.24) is 5.06 Å². The average molecular weight is 329 g/mol. The molecule has 1 heterocycles. The van der Waals surface area contributed by atoms with Crippen LogP contribution < -0.4 is 0 Å². The van der Waals surface area contributed by atoms with E-state index in [2.05, 4.69) is 61.7 Å². The zero-order valence-electron chi connectivity index (χ0n) is 9.72. The predicted octanol–water partition coefficient (Wildman–Crippen LogP) is 4.15. The lowest BCUT2D eigenvalue weighted by Crippen LogP contribution is -2.58. The molecule has 1 aliphatic heterocycles. The fourth-order valence-corrected chi connectivity index (χ4v) is 4.20. The molecule has 0 aromatic heterocycles. The Morgan fingerprint density at radius 3 is 2.00 bits per heavy atom. The first-order valence-electron chi connectivity index (χ1n) is 5.12. The van der Waals surface area contributed by atoms with Gasteiger partial charge in [0.2, 0.25) is 0 Å². The summed E-state index contributed by atoms with van der Waals surface area (Å²) in [5, 5.41) is 2.21. The van der Waals surface area contributed by atoms with E-state index in [1.54, 1.807) is 0 Å². The van der Waals surface area contributed by atoms with E-state index in [0.29, 0.717) is 6.45 Å². The molecule has 14 heavy (non-hydrogen) atoms. The molecule has 4 heteroatoms. The molecular formula is C10H21INOP. The van der Waals surface area contributed by atoms with Gasteiger partial charge in [-0.25, -0.2) is 0 Å². The van der Waals surface area contributed by atoms with E-state index in [0.717, 1.165) is 5.92 Å². The lowest BCUT2D eigenvalue weighted by atomic mass is 9.76. The molecule has 1 atom stereocenters. The Labute approximate surface area is 102 Å². The quantitative estimate of drug-likeness (QED) is 0.557. The Bertz CT molecular complexity index is 190. The summed E-state index contributed by atoms with van der Waals surface area (Å²) in [5.74, 6) is 0.789. The molecule has 0 aromatic carbocycles. The number of hydroxylamine groups is 2. The Morgan fingerprint density at radius 2 is 1.64 bits per heavy atom. The SMILES string of the molecule is CC1CC(C)(C)N(OPI)C(C)(C)C1. The minimum atomic E-state index is 0.166. The van der Waals surface area contributed by atoms with Gasteiger partial charge in [-0.15, -0.1) is 0 Å². The number of piperidine rings is 1. The van der Waals surface area contributed by atoms with Gasteiger partial charge >= 0.3 is 0 Å². The molecule has 1 rings (SSSR count). The first-order chi connectivity index (χ1) is 6.29. The van der Waals surface area contributed by atoms with Crippen LogP contribution in [0.25, 0.3) is 0 Å². The molecule has 1 saturated heterocycles. The predicted molar refractivity (Wildman–Crippen MR) is 71.8 cm³/mol. The Morgan fingerprint density at radius 1 is 1.21 bits per heavy atom. The van der Waals surface area contributed by atoms with Crippen LogP contribution in [-0.4, -0.2) is 16.1 Å². The number of halogens is 1. The summed E-state index contributed by atoms with van der Waals surface area (Å²) in [6.45, 7) is 12.0. The molecule has 84 valence electrons. The molecule has 0 saturated carbocycles. The largest absolute Gasteiger partial charge is 0.269 e. The highest BCUT2D eigenvalue weighted by Crippen LogP contribution is 2.44. The Balaban J connectivity index is 2.85. The van der Waals surface area contributed by atoms with Crippen molar-refractivity contribution in [1.29, 1.82) is 0 Å². The molecule has 1 unspecified atom stereocenters. The van der Waals surface area contributed by atoms with E-state index in [1.807, 2.05) is 0 Å². The molecule has 0 bridgehead atoms. The van der Waals surface area contributed by atoms with Crippen molar-refractivity contribution in [3.05, 3.63) is 0 Å². The Kier molecular flexibility index (Phi) is 4.25. The summed E-state index contributed by atoms with van der Waals surface area (Å²) >= 11 is 2.29. The van der Waals surface area contributed by atoms with Gasteiger partial charge in [-0.05, 0) is 68.5 Å². The maximum absolute atomic E-state index is 5.81. The maximum Gasteiger partial charge on any atom is 0.105 e. The minimum absolute atomic E-state index is 0.166. The third-order valence-electron chi connectivity index (χ3n) is 2.92. The van der Waals surface area contributed by atoms with Gasteiger partial charge in [0.25, 0.3) is 0 Å². The third-order valence-corrected chi connectivity index (χ3v) is 3.76. The number of rotatable bonds is 2. The van der Waals surface area contributed by atoms with Crippen molar-refractivity contribution < 1.29 is 4.62 Å². The zero-order valence-corrected chi connectivity index (χ0v) is 12.9. The molecule has 0 aliphatic carbocycles. The van der Waals surface area contributed by atoms with Crippen molar-refractivity contribution >= 4 is 28.5 Å². The van der Waals surface area contributed by atoms with Gasteiger partial charge in [-0.3, -0.25) is 4.62 Å². The summed E-state index contributed by atoms with van der Waals surface area (Å²) in [7, 11) is 0. The number of nitrogens with zero attached hydrogens (tertiary/aromatic N) is 1. The van der Waals surface area contributed by atoms with E-state index in [1.165, 1.54) is 12.8 Å². The van der Waals surface area contributed by atoms with Crippen LogP contribution in [0.15, 0.2) is 0 Å². The number of hydrogen-bond acceptors (Lipinski definition) is 2. The average Bonchev–Trinajstić information content (AvgIpc) is 1.94. The normalized spacial score (nSPS) is 28.7. The zero-order chi connectivity index (χ0) is 11.0. The summed E-state index contributed by atoms with van der Waals surface area (Å²) < 4.78 is 5.81. The van der Waals surface area contributed by atoms with E-state index in [9.17, 15) is 0 Å². The summed E-state index contributed by atoms with van der Waals surface area (Å²) in [5.41, 5.74) is 0.332. The second-order valence-electron chi connectivity index (χ2n) is 5.60. The molecule has 0 amide bonds. The van der Waals surface area contributed by atoms with Gasteiger partial charge in [0, 0.05) is 11.1 Å². The molecule has 0 aromatic rings. The van der Waals surface area contributed by atoms with Gasteiger partial charge in [0.15, 0.2) is 0 Å². The highest BCUT2D eigenvalue weighted by molar-refractivity contribution is 14.2. The summed E-state index contributed by atoms with van der Waals surface area (Å²) in [4.78, 5) is 0. The van der Waals surface area contributed by atoms with Crippen molar-refractivity contribution in [2.24, 2.45) is 5.92 Å². The maximum atomic E-state index is 5.81. The number of hydrogen-bond donors (Lipinski definition) is 0. The van der Waals surface area contributed by atoms with Crippen LogP contribution in [0.4, 0.5) is 0 Å². The van der Waals surface area contributed by atoms with E-state index in [4.69, 9.17) is 4.62 Å². The van der Waals surface area contributed by atoms with Crippen molar-refractivity contribution in [2.45, 2.75) is 58.5 Å². The van der Waals surface area contributed by atoms with Crippen LogP contribution >= 0.6 is 28.5 Å². The Hall–Kier alpha value is 1.08. The van der Waals surface area contributed by atoms with Crippen LogP contribution in [0.5, 0.6) is 0 Å². The van der Waals surface area contributed by atoms with Crippen LogP contribution in [0, 0.1) is 5.92 Å². The lowest BCUT2D eigenvalue weighted by molar-refractivity contribution is -0.217. The third kappa shape index (κ3) is 2.81. The smallest absolute Gasteiger partial charge is 0.105 e. The second kappa shape index (κ2) is 4.52. The fourth-order valence-electron chi connectivity index (χ4n) is 3.04. The van der Waals surface area contributed by atoms with Gasteiger partial charge in [-0.1, -0.05) is 6.92 Å². The lowest BCUT2D eigenvalue weighted by Gasteiger charge is -2.52. The molecular weight excluding hydrogens is 308 g/mol. The van der Waals surface area contributed by atoms with Gasteiger partial charge in [0.05, 0.1) is 0 Å². The molecule has 0 spiro atoms. The van der Waals surface area contributed by atoms with Crippen LogP contribution in [0.3, 0.4) is 0 Å². The molecule has 0 radical (unpaired) electrons. The van der Waals surface area contributed by atoms with E-state index < -0.39 is 0 Å². The summed E-state index contributed by atoms with van der Waals surface area (Å²) in [6.07, 6.45) is 2.44. The molecule has 1 aliphatic rings. The molecule has 1 fully saturated rings. The molecule has 0 N–H and O–H groups in total. The van der Waals surface area contributed by atoms with E-state index >= 15 is 0 Å². The standard InChI is InChI=1S/C10H21INOP/c1-8-6-9(2,3)12(13-14-11)10(4,5)7-8/h8,14H,6-7H2,1-5H3. The van der Waals surface area contributed by atoms with Crippen molar-refractivity contribution in [3.63, 3.8) is 0 Å². The monoisotopic (exact) mass is 329 g/mol. The van der Waals surface area contributed by atoms with Gasteiger partial charge in [0.1, 0.15) is 6.45 Å². The van der Waals surface area contributed by atoms with E-state index in [-0.39, 0.29) is 11.1 Å². The minimum Gasteiger partial charge on any atom is -0.269 e. The van der Waals surface area contributed by atoms with Crippen LogP contribution in [-0.2, 0) is 4.62 Å². The van der Waals surface area contributed by atoms with Crippen molar-refractivity contribution in [2.75, 3.05) is 0 Å². The topological polar surface area (TPSA) is 12.5 Å². The van der Waals surface area contributed by atoms with Crippen LogP contribution in [0.1, 0.15) is 47.5 Å². The van der Waals surface area contributed by atoms with Gasteiger partial charge < -0.3 is 0 Å². The van der Waals surface area contributed by atoms with Crippen molar-refractivity contribution in [3.8, 4) is 0 Å². The van der Waals surface area contributed by atoms with Gasteiger partial charge in [-0.2, -0.15) is 5.06 Å².